The molecule has 0 radical (unpaired) electrons. The summed E-state index contributed by atoms with van der Waals surface area (Å²) in [5.74, 6) is -0.150. The maximum absolute atomic E-state index is 12.6. The van der Waals surface area contributed by atoms with Gasteiger partial charge in [-0.1, -0.05) is 43.9 Å². The van der Waals surface area contributed by atoms with Gasteiger partial charge in [0.25, 0.3) is 0 Å². The standard InChI is InChI=1S/C22H26N2O4S/c25-21(26)22(15-20(22)16-5-1-2-6-16)17-8-10-19(11-9-17)29(27,28)24-14-12-18-7-3-4-13-23-18/h3-4,7-11,13,16,20,24H,1-2,5-6,12,14-15H2,(H,25,26). The highest BCUT2D eigenvalue weighted by molar-refractivity contribution is 7.89. The van der Waals surface area contributed by atoms with Crippen molar-refractivity contribution in [1.29, 1.82) is 0 Å². The number of benzene rings is 1. The molecule has 7 heteroatoms. The molecule has 0 spiro atoms. The number of pyridine rings is 1. The molecule has 2 aliphatic carbocycles. The molecule has 4 rings (SSSR count). The highest BCUT2D eigenvalue weighted by atomic mass is 32.2. The van der Waals surface area contributed by atoms with Crippen LogP contribution in [0.3, 0.4) is 0 Å². The third kappa shape index (κ3) is 3.94. The molecule has 2 aromatic rings. The van der Waals surface area contributed by atoms with Crippen molar-refractivity contribution >= 4 is 16.0 Å². The van der Waals surface area contributed by atoms with Crippen LogP contribution < -0.4 is 4.72 Å². The molecule has 2 fully saturated rings. The van der Waals surface area contributed by atoms with Crippen molar-refractivity contribution in [2.75, 3.05) is 6.54 Å². The summed E-state index contributed by atoms with van der Waals surface area (Å²) < 4.78 is 27.7. The zero-order valence-electron chi connectivity index (χ0n) is 16.3. The van der Waals surface area contributed by atoms with E-state index in [1.54, 1.807) is 18.3 Å². The first kappa shape index (κ1) is 20.0. The van der Waals surface area contributed by atoms with E-state index >= 15 is 0 Å². The van der Waals surface area contributed by atoms with Crippen LogP contribution in [-0.2, 0) is 26.7 Å². The van der Waals surface area contributed by atoms with Gasteiger partial charge in [0, 0.05) is 24.9 Å². The first-order chi connectivity index (χ1) is 13.9. The normalized spacial score (nSPS) is 24.5. The number of hydrogen-bond donors (Lipinski definition) is 2. The van der Waals surface area contributed by atoms with E-state index < -0.39 is 21.4 Å². The lowest BCUT2D eigenvalue weighted by Crippen LogP contribution is -2.27. The van der Waals surface area contributed by atoms with Crippen molar-refractivity contribution < 1.29 is 18.3 Å². The monoisotopic (exact) mass is 414 g/mol. The van der Waals surface area contributed by atoms with Crippen LogP contribution >= 0.6 is 0 Å². The molecule has 29 heavy (non-hydrogen) atoms. The van der Waals surface area contributed by atoms with E-state index in [4.69, 9.17) is 0 Å². The minimum Gasteiger partial charge on any atom is -0.481 e. The van der Waals surface area contributed by atoms with Crippen LogP contribution in [0.25, 0.3) is 0 Å². The van der Waals surface area contributed by atoms with E-state index in [2.05, 4.69) is 9.71 Å². The molecular weight excluding hydrogens is 388 g/mol. The van der Waals surface area contributed by atoms with Crippen LogP contribution in [0, 0.1) is 11.8 Å². The quantitative estimate of drug-likeness (QED) is 0.692. The third-order valence-electron chi connectivity index (χ3n) is 6.44. The molecule has 2 saturated carbocycles. The SMILES string of the molecule is O=C(O)C1(c2ccc(S(=O)(=O)NCCc3ccccn3)cc2)CC1C1CCCC1. The molecule has 2 unspecified atom stereocenters. The second-order valence-electron chi connectivity index (χ2n) is 8.12. The van der Waals surface area contributed by atoms with Crippen molar-refractivity contribution in [3.8, 4) is 0 Å². The number of nitrogens with one attached hydrogen (secondary N) is 1. The van der Waals surface area contributed by atoms with Crippen molar-refractivity contribution in [3.63, 3.8) is 0 Å². The summed E-state index contributed by atoms with van der Waals surface area (Å²) in [6.07, 6.45) is 7.40. The fraction of sp³-hybridized carbons (Fsp3) is 0.455. The molecule has 6 nitrogen and oxygen atoms in total. The Bertz CT molecular complexity index is 970. The Balaban J connectivity index is 1.44. The second kappa shape index (κ2) is 7.88. The summed E-state index contributed by atoms with van der Waals surface area (Å²) in [7, 11) is -3.65. The van der Waals surface area contributed by atoms with Gasteiger partial charge in [0.2, 0.25) is 10.0 Å². The molecule has 0 aliphatic heterocycles. The minimum atomic E-state index is -3.65. The van der Waals surface area contributed by atoms with Crippen molar-refractivity contribution in [2.24, 2.45) is 11.8 Å². The molecule has 0 bridgehead atoms. The lowest BCUT2D eigenvalue weighted by molar-refractivity contribution is -0.140. The Morgan fingerprint density at radius 1 is 1.14 bits per heavy atom. The van der Waals surface area contributed by atoms with Crippen LogP contribution in [0.2, 0.25) is 0 Å². The maximum Gasteiger partial charge on any atom is 0.314 e. The summed E-state index contributed by atoms with van der Waals surface area (Å²) >= 11 is 0. The largest absolute Gasteiger partial charge is 0.481 e. The predicted molar refractivity (Wildman–Crippen MR) is 109 cm³/mol. The van der Waals surface area contributed by atoms with Gasteiger partial charge in [-0.3, -0.25) is 9.78 Å². The summed E-state index contributed by atoms with van der Waals surface area (Å²) in [6.45, 7) is 0.254. The van der Waals surface area contributed by atoms with Gasteiger partial charge in [0.1, 0.15) is 0 Å². The first-order valence-electron chi connectivity index (χ1n) is 10.2. The number of aromatic nitrogens is 1. The number of hydrogen-bond acceptors (Lipinski definition) is 4. The molecule has 154 valence electrons. The maximum atomic E-state index is 12.6. The molecule has 0 saturated heterocycles. The third-order valence-corrected chi connectivity index (χ3v) is 7.92. The Morgan fingerprint density at radius 2 is 1.86 bits per heavy atom. The summed E-state index contributed by atoms with van der Waals surface area (Å²) in [5.41, 5.74) is 0.693. The van der Waals surface area contributed by atoms with Gasteiger partial charge in [-0.25, -0.2) is 13.1 Å². The van der Waals surface area contributed by atoms with E-state index in [-0.39, 0.29) is 17.4 Å². The number of carbonyl (C=O) groups is 1. The molecular formula is C22H26N2O4S. The summed E-state index contributed by atoms with van der Waals surface area (Å²) in [5, 5.41) is 9.90. The summed E-state index contributed by atoms with van der Waals surface area (Å²) in [6, 6.07) is 11.9. The number of carboxylic acid groups (broad SMARTS) is 1. The zero-order chi connectivity index (χ0) is 20.5. The van der Waals surface area contributed by atoms with Crippen LogP contribution in [0.1, 0.15) is 43.4 Å². The van der Waals surface area contributed by atoms with Crippen LogP contribution in [0.4, 0.5) is 0 Å². The predicted octanol–water partition coefficient (Wildman–Crippen LogP) is 3.14. The molecule has 1 aromatic heterocycles. The Morgan fingerprint density at radius 3 is 2.48 bits per heavy atom. The van der Waals surface area contributed by atoms with Gasteiger partial charge < -0.3 is 5.11 Å². The highest BCUT2D eigenvalue weighted by Gasteiger charge is 2.63. The first-order valence-corrected chi connectivity index (χ1v) is 11.7. The Kier molecular flexibility index (Phi) is 5.44. The molecule has 1 aromatic carbocycles. The molecule has 2 N–H and O–H groups in total. The fourth-order valence-corrected chi connectivity index (χ4v) is 5.82. The van der Waals surface area contributed by atoms with E-state index in [0.29, 0.717) is 24.3 Å². The minimum absolute atomic E-state index is 0.154. The van der Waals surface area contributed by atoms with E-state index in [0.717, 1.165) is 18.5 Å². The highest BCUT2D eigenvalue weighted by Crippen LogP contribution is 2.61. The average Bonchev–Trinajstić information content (AvgIpc) is 3.25. The summed E-state index contributed by atoms with van der Waals surface area (Å²) in [4.78, 5) is 16.4. The fourth-order valence-electron chi connectivity index (χ4n) is 4.79. The van der Waals surface area contributed by atoms with E-state index in [9.17, 15) is 18.3 Å². The van der Waals surface area contributed by atoms with Gasteiger partial charge >= 0.3 is 5.97 Å². The lowest BCUT2D eigenvalue weighted by Gasteiger charge is -2.17. The van der Waals surface area contributed by atoms with Crippen molar-refractivity contribution in [1.82, 2.24) is 9.71 Å². The van der Waals surface area contributed by atoms with Gasteiger partial charge in [-0.15, -0.1) is 0 Å². The zero-order valence-corrected chi connectivity index (χ0v) is 17.1. The van der Waals surface area contributed by atoms with Gasteiger partial charge in [0.15, 0.2) is 0 Å². The van der Waals surface area contributed by atoms with Crippen molar-refractivity contribution in [3.05, 3.63) is 59.9 Å². The van der Waals surface area contributed by atoms with Gasteiger partial charge in [-0.05, 0) is 48.1 Å². The van der Waals surface area contributed by atoms with Gasteiger partial charge in [-0.2, -0.15) is 0 Å². The Labute approximate surface area is 171 Å². The van der Waals surface area contributed by atoms with E-state index in [1.807, 2.05) is 18.2 Å². The van der Waals surface area contributed by atoms with E-state index in [1.165, 1.54) is 25.0 Å². The number of rotatable bonds is 8. The molecule has 2 atom stereocenters. The average molecular weight is 415 g/mol. The van der Waals surface area contributed by atoms with Crippen LogP contribution in [0.15, 0.2) is 53.6 Å². The second-order valence-corrected chi connectivity index (χ2v) is 9.89. The smallest absolute Gasteiger partial charge is 0.314 e. The number of aliphatic carboxylic acids is 1. The number of sulfonamides is 1. The molecule has 1 heterocycles. The topological polar surface area (TPSA) is 96.4 Å². The lowest BCUT2D eigenvalue weighted by atomic mass is 9.87. The van der Waals surface area contributed by atoms with Gasteiger partial charge in [0.05, 0.1) is 10.3 Å². The number of nitrogens with zero attached hydrogens (tertiary/aromatic N) is 1. The molecule has 0 amide bonds. The Hall–Kier alpha value is -2.25. The van der Waals surface area contributed by atoms with Crippen LogP contribution in [0.5, 0.6) is 0 Å². The molecule has 2 aliphatic rings. The van der Waals surface area contributed by atoms with Crippen molar-refractivity contribution in [2.45, 2.75) is 48.8 Å². The van der Waals surface area contributed by atoms with Crippen LogP contribution in [-0.4, -0.2) is 31.0 Å². The number of carboxylic acids is 1.